The third-order valence-electron chi connectivity index (χ3n) is 5.22. The molecule has 6 nitrogen and oxygen atoms in total. The number of nitrogens with zero attached hydrogens (tertiary/aromatic N) is 1. The van der Waals surface area contributed by atoms with Crippen molar-refractivity contribution in [2.45, 2.75) is 24.0 Å². The molecule has 31 heavy (non-hydrogen) atoms. The smallest absolute Gasteiger partial charge is 0.271 e. The van der Waals surface area contributed by atoms with Crippen molar-refractivity contribution < 1.29 is 22.7 Å². The maximum atomic E-state index is 13.6. The summed E-state index contributed by atoms with van der Waals surface area (Å²) in [5.41, 5.74) is 1.23. The minimum atomic E-state index is -4.24. The number of sulfonamides is 1. The molecule has 0 aliphatic carbocycles. The Kier molecular flexibility index (Phi) is 4.66. The van der Waals surface area contributed by atoms with E-state index in [4.69, 9.17) is 32.7 Å². The molecule has 9 heteroatoms. The molecular weight excluding hydrogens is 461 g/mol. The van der Waals surface area contributed by atoms with Crippen LogP contribution in [0.1, 0.15) is 24.0 Å². The first kappa shape index (κ1) is 20.2. The van der Waals surface area contributed by atoms with Crippen LogP contribution in [0, 0.1) is 0 Å². The maximum Gasteiger partial charge on any atom is 0.271 e. The molecule has 2 aliphatic heterocycles. The second-order valence-corrected chi connectivity index (χ2v) is 9.81. The summed E-state index contributed by atoms with van der Waals surface area (Å²) in [6, 6.07) is 15.8. The van der Waals surface area contributed by atoms with Crippen molar-refractivity contribution in [1.29, 1.82) is 0 Å². The Balaban J connectivity index is 1.66. The lowest BCUT2D eigenvalue weighted by Crippen LogP contribution is -2.35. The highest BCUT2D eigenvalue weighted by Crippen LogP contribution is 2.47. The minimum absolute atomic E-state index is 0.0852. The summed E-state index contributed by atoms with van der Waals surface area (Å²) >= 11 is 12.5. The summed E-state index contributed by atoms with van der Waals surface area (Å²) in [6.07, 6.45) is -0.520. The number of amides is 1. The number of hydrogen-bond donors (Lipinski definition) is 0. The zero-order valence-electron chi connectivity index (χ0n) is 16.1. The highest BCUT2D eigenvalue weighted by atomic mass is 35.5. The van der Waals surface area contributed by atoms with Gasteiger partial charge in [0.2, 0.25) is 6.29 Å². The third kappa shape index (κ3) is 3.15. The topological polar surface area (TPSA) is 72.9 Å². The number of halogens is 2. The fourth-order valence-corrected chi connectivity index (χ4v) is 5.79. The standard InChI is InChI=1S/C22H15Cl2NO5S/c1-12-29-19-9-7-14(11-20(19)30-12)31(27,28)25-18-8-6-13(23)10-16(18)21(22(25)26)15-4-2-3-5-17(15)24/h2-12,21H,1H3. The molecule has 5 rings (SSSR count). The van der Waals surface area contributed by atoms with E-state index >= 15 is 0 Å². The number of anilines is 1. The predicted octanol–water partition coefficient (Wildman–Crippen LogP) is 4.98. The van der Waals surface area contributed by atoms with E-state index in [1.165, 1.54) is 24.3 Å². The van der Waals surface area contributed by atoms with Crippen molar-refractivity contribution in [3.8, 4) is 11.5 Å². The lowest BCUT2D eigenvalue weighted by molar-refractivity contribution is -0.117. The van der Waals surface area contributed by atoms with Crippen LogP contribution in [0.25, 0.3) is 0 Å². The molecule has 1 amide bonds. The molecule has 0 N–H and O–H groups in total. The van der Waals surface area contributed by atoms with Gasteiger partial charge in [0.15, 0.2) is 11.5 Å². The van der Waals surface area contributed by atoms with Crippen LogP contribution in [-0.2, 0) is 14.8 Å². The quantitative estimate of drug-likeness (QED) is 0.534. The third-order valence-corrected chi connectivity index (χ3v) is 7.51. The Labute approximate surface area is 189 Å². The summed E-state index contributed by atoms with van der Waals surface area (Å²) in [4.78, 5) is 13.4. The molecule has 0 saturated heterocycles. The second kappa shape index (κ2) is 7.15. The summed E-state index contributed by atoms with van der Waals surface area (Å²) in [6.45, 7) is 1.70. The van der Waals surface area contributed by atoms with E-state index in [-0.39, 0.29) is 10.6 Å². The van der Waals surface area contributed by atoms with E-state index in [9.17, 15) is 13.2 Å². The van der Waals surface area contributed by atoms with E-state index in [0.717, 1.165) is 4.31 Å². The van der Waals surface area contributed by atoms with E-state index in [1.54, 1.807) is 43.3 Å². The Morgan fingerprint density at radius 3 is 2.42 bits per heavy atom. The lowest BCUT2D eigenvalue weighted by Gasteiger charge is -2.19. The molecule has 0 bridgehead atoms. The van der Waals surface area contributed by atoms with Crippen molar-refractivity contribution >= 4 is 44.8 Å². The van der Waals surface area contributed by atoms with Crippen LogP contribution in [-0.4, -0.2) is 20.6 Å². The molecule has 0 fully saturated rings. The molecule has 0 spiro atoms. The Morgan fingerprint density at radius 2 is 1.65 bits per heavy atom. The van der Waals surface area contributed by atoms with Crippen LogP contribution < -0.4 is 13.8 Å². The summed E-state index contributed by atoms with van der Waals surface area (Å²) in [5, 5.41) is 0.753. The Morgan fingerprint density at radius 1 is 0.903 bits per heavy atom. The highest BCUT2D eigenvalue weighted by molar-refractivity contribution is 7.93. The molecule has 2 heterocycles. The molecule has 2 unspecified atom stereocenters. The van der Waals surface area contributed by atoms with Gasteiger partial charge in [-0.15, -0.1) is 0 Å². The van der Waals surface area contributed by atoms with E-state index in [1.807, 2.05) is 0 Å². The van der Waals surface area contributed by atoms with Gasteiger partial charge in [-0.25, -0.2) is 12.7 Å². The van der Waals surface area contributed by atoms with Crippen molar-refractivity contribution in [2.24, 2.45) is 0 Å². The van der Waals surface area contributed by atoms with Gasteiger partial charge in [-0.3, -0.25) is 4.79 Å². The van der Waals surface area contributed by atoms with Gasteiger partial charge in [0.05, 0.1) is 16.5 Å². The van der Waals surface area contributed by atoms with Gasteiger partial charge < -0.3 is 9.47 Å². The molecule has 2 aliphatic rings. The van der Waals surface area contributed by atoms with E-state index in [0.29, 0.717) is 32.7 Å². The van der Waals surface area contributed by atoms with Crippen LogP contribution in [0.15, 0.2) is 65.6 Å². The Bertz CT molecular complexity index is 1340. The van der Waals surface area contributed by atoms with Gasteiger partial charge in [-0.1, -0.05) is 41.4 Å². The monoisotopic (exact) mass is 475 g/mol. The molecule has 0 saturated carbocycles. The van der Waals surface area contributed by atoms with Gasteiger partial charge in [0.25, 0.3) is 15.9 Å². The normalized spacial score (nSPS) is 19.6. The van der Waals surface area contributed by atoms with E-state index < -0.39 is 28.1 Å². The van der Waals surface area contributed by atoms with Crippen molar-refractivity contribution in [2.75, 3.05) is 4.31 Å². The fourth-order valence-electron chi connectivity index (χ4n) is 3.89. The first-order chi connectivity index (χ1) is 14.8. The molecule has 3 aromatic carbocycles. The number of rotatable bonds is 3. The zero-order valence-corrected chi connectivity index (χ0v) is 18.4. The minimum Gasteiger partial charge on any atom is -0.451 e. The van der Waals surface area contributed by atoms with Crippen molar-refractivity contribution in [3.63, 3.8) is 0 Å². The first-order valence-electron chi connectivity index (χ1n) is 9.38. The van der Waals surface area contributed by atoms with Crippen LogP contribution >= 0.6 is 23.2 Å². The van der Waals surface area contributed by atoms with Crippen LogP contribution in [0.4, 0.5) is 5.69 Å². The second-order valence-electron chi connectivity index (χ2n) is 7.18. The van der Waals surface area contributed by atoms with E-state index in [2.05, 4.69) is 0 Å². The number of carbonyl (C=O) groups excluding carboxylic acids is 1. The van der Waals surface area contributed by atoms with Crippen LogP contribution in [0.5, 0.6) is 11.5 Å². The zero-order chi connectivity index (χ0) is 21.9. The van der Waals surface area contributed by atoms with Gasteiger partial charge in [0.1, 0.15) is 0 Å². The number of benzene rings is 3. The van der Waals surface area contributed by atoms with Gasteiger partial charge in [-0.05, 0) is 47.5 Å². The maximum absolute atomic E-state index is 13.6. The number of ether oxygens (including phenoxy) is 2. The molecule has 2 atom stereocenters. The first-order valence-corrected chi connectivity index (χ1v) is 11.6. The van der Waals surface area contributed by atoms with Crippen LogP contribution in [0.3, 0.4) is 0 Å². The van der Waals surface area contributed by atoms with Crippen molar-refractivity contribution in [3.05, 3.63) is 81.8 Å². The molecule has 3 aromatic rings. The molecule has 158 valence electrons. The molecule has 0 aromatic heterocycles. The molecular formula is C22H15Cl2NO5S. The summed E-state index contributed by atoms with van der Waals surface area (Å²) < 4.78 is 38.9. The highest BCUT2D eigenvalue weighted by Gasteiger charge is 2.46. The fraction of sp³-hybridized carbons (Fsp3) is 0.136. The Hall–Kier alpha value is -2.74. The lowest BCUT2D eigenvalue weighted by atomic mass is 9.92. The number of hydrogen-bond acceptors (Lipinski definition) is 5. The average Bonchev–Trinajstić information content (AvgIpc) is 3.23. The van der Waals surface area contributed by atoms with Crippen LogP contribution in [0.2, 0.25) is 10.0 Å². The molecule has 0 radical (unpaired) electrons. The van der Waals surface area contributed by atoms with Gasteiger partial charge in [-0.2, -0.15) is 0 Å². The number of carbonyl (C=O) groups is 1. The van der Waals surface area contributed by atoms with Crippen molar-refractivity contribution in [1.82, 2.24) is 0 Å². The summed E-state index contributed by atoms with van der Waals surface area (Å²) in [5.74, 6) is -0.776. The van der Waals surface area contributed by atoms with Gasteiger partial charge in [0, 0.05) is 23.0 Å². The average molecular weight is 476 g/mol. The summed E-state index contributed by atoms with van der Waals surface area (Å²) in [7, 11) is -4.24. The SMILES string of the molecule is CC1Oc2ccc(S(=O)(=O)N3C(=O)C(c4ccccc4Cl)c4cc(Cl)ccc43)cc2O1. The number of fused-ring (bicyclic) bond motifs is 2. The van der Waals surface area contributed by atoms with Gasteiger partial charge >= 0.3 is 0 Å². The predicted molar refractivity (Wildman–Crippen MR) is 117 cm³/mol. The largest absolute Gasteiger partial charge is 0.451 e.